The number of amides is 1. The van der Waals surface area contributed by atoms with Gasteiger partial charge in [-0.05, 0) is 47.6 Å². The molecule has 0 radical (unpaired) electrons. The molecule has 0 saturated carbocycles. The maximum absolute atomic E-state index is 12.8. The lowest BCUT2D eigenvalue weighted by Gasteiger charge is -2.32. The largest absolute Gasteiger partial charge is 0.497 e. The minimum absolute atomic E-state index is 0.0909. The molecule has 2 aromatic carbocycles. The van der Waals surface area contributed by atoms with E-state index in [0.717, 1.165) is 11.3 Å². The van der Waals surface area contributed by atoms with Crippen molar-refractivity contribution in [3.63, 3.8) is 0 Å². The predicted octanol–water partition coefficient (Wildman–Crippen LogP) is 4.40. The quantitative estimate of drug-likeness (QED) is 0.872. The molecule has 1 N–H and O–H groups in total. The Hall–Kier alpha value is -2.33. The highest BCUT2D eigenvalue weighted by Gasteiger charge is 2.27. The number of carbonyl (C=O) groups is 1. The second-order valence-electron chi connectivity index (χ2n) is 8.22. The number of fused-ring (bicyclic) bond motifs is 1. The van der Waals surface area contributed by atoms with Gasteiger partial charge in [-0.15, -0.1) is 0 Å². The maximum atomic E-state index is 12.8. The molecular formula is C23H29NO3. The zero-order chi connectivity index (χ0) is 19.6. The number of aliphatic hydroxyl groups excluding tert-OH is 1. The molecule has 0 aromatic heterocycles. The zero-order valence-corrected chi connectivity index (χ0v) is 16.7. The molecule has 27 heavy (non-hydrogen) atoms. The monoisotopic (exact) mass is 367 g/mol. The molecule has 144 valence electrons. The molecule has 0 bridgehead atoms. The first kappa shape index (κ1) is 19.4. The molecule has 1 aliphatic heterocycles. The number of rotatable bonds is 4. The van der Waals surface area contributed by atoms with Crippen LogP contribution in [0.2, 0.25) is 0 Å². The van der Waals surface area contributed by atoms with E-state index in [1.165, 1.54) is 11.1 Å². The summed E-state index contributed by atoms with van der Waals surface area (Å²) in [7, 11) is 1.60. The van der Waals surface area contributed by atoms with Crippen LogP contribution < -0.4 is 9.64 Å². The highest BCUT2D eigenvalue weighted by molar-refractivity contribution is 5.95. The maximum Gasteiger partial charge on any atom is 0.227 e. The number of nitrogens with zero attached hydrogens (tertiary/aromatic N) is 1. The van der Waals surface area contributed by atoms with Crippen LogP contribution in [0.25, 0.3) is 0 Å². The first-order valence-corrected chi connectivity index (χ1v) is 9.55. The van der Waals surface area contributed by atoms with Crippen molar-refractivity contribution in [1.82, 2.24) is 0 Å². The second-order valence-corrected chi connectivity index (χ2v) is 8.22. The third-order valence-electron chi connectivity index (χ3n) is 5.26. The number of carbonyl (C=O) groups excluding carboxylic acids is 1. The van der Waals surface area contributed by atoms with Crippen LogP contribution >= 0.6 is 0 Å². The lowest BCUT2D eigenvalue weighted by Crippen LogP contribution is -2.36. The van der Waals surface area contributed by atoms with Gasteiger partial charge < -0.3 is 14.7 Å². The number of aryl methyl sites for hydroxylation is 1. The van der Waals surface area contributed by atoms with Gasteiger partial charge in [0.25, 0.3) is 0 Å². The molecule has 0 aliphatic carbocycles. The summed E-state index contributed by atoms with van der Waals surface area (Å²) < 4.78 is 5.25. The first-order valence-electron chi connectivity index (χ1n) is 9.55. The molecule has 0 fully saturated rings. The van der Waals surface area contributed by atoms with E-state index in [1.54, 1.807) is 12.0 Å². The molecule has 1 amide bonds. The van der Waals surface area contributed by atoms with E-state index in [4.69, 9.17) is 4.74 Å². The van der Waals surface area contributed by atoms with E-state index >= 15 is 0 Å². The fourth-order valence-electron chi connectivity index (χ4n) is 3.52. The third kappa shape index (κ3) is 4.33. The topological polar surface area (TPSA) is 49.8 Å². The smallest absolute Gasteiger partial charge is 0.227 e. The van der Waals surface area contributed by atoms with Gasteiger partial charge in [0.2, 0.25) is 5.91 Å². The van der Waals surface area contributed by atoms with Crippen molar-refractivity contribution in [2.75, 3.05) is 18.6 Å². The summed E-state index contributed by atoms with van der Waals surface area (Å²) in [6, 6.07) is 14.1. The molecule has 0 spiro atoms. The summed E-state index contributed by atoms with van der Waals surface area (Å²) in [5, 5.41) is 10.3. The average molecular weight is 367 g/mol. The highest BCUT2D eigenvalue weighted by atomic mass is 16.5. The van der Waals surface area contributed by atoms with Crippen molar-refractivity contribution in [2.45, 2.75) is 51.6 Å². The second kappa shape index (κ2) is 7.73. The van der Waals surface area contributed by atoms with Gasteiger partial charge in [0.15, 0.2) is 0 Å². The number of ether oxygens (including phenoxy) is 1. The van der Waals surface area contributed by atoms with Gasteiger partial charge in [-0.1, -0.05) is 45.0 Å². The Morgan fingerprint density at radius 1 is 1.19 bits per heavy atom. The summed E-state index contributed by atoms with van der Waals surface area (Å²) in [5.74, 6) is 0.786. The Bertz CT molecular complexity index is 805. The molecule has 1 unspecified atom stereocenters. The van der Waals surface area contributed by atoms with Crippen LogP contribution in [0.15, 0.2) is 42.5 Å². The summed E-state index contributed by atoms with van der Waals surface area (Å²) in [5.41, 5.74) is 4.16. The molecule has 1 heterocycles. The summed E-state index contributed by atoms with van der Waals surface area (Å²) in [4.78, 5) is 14.6. The third-order valence-corrected chi connectivity index (χ3v) is 5.26. The molecule has 2 aromatic rings. The summed E-state index contributed by atoms with van der Waals surface area (Å²) >= 11 is 0. The lowest BCUT2D eigenvalue weighted by molar-refractivity contribution is -0.118. The Kier molecular flexibility index (Phi) is 5.56. The van der Waals surface area contributed by atoms with Gasteiger partial charge in [0.1, 0.15) is 5.75 Å². The molecule has 4 nitrogen and oxygen atoms in total. The van der Waals surface area contributed by atoms with Gasteiger partial charge in [-0.25, -0.2) is 0 Å². The SMILES string of the molecule is COc1ccc2c(c1)C(O)CCN2C(=O)CCc1ccc(C(C)(C)C)cc1. The minimum atomic E-state index is -0.552. The van der Waals surface area contributed by atoms with Crippen molar-refractivity contribution in [3.8, 4) is 5.75 Å². The molecule has 1 atom stereocenters. The van der Waals surface area contributed by atoms with Crippen molar-refractivity contribution < 1.29 is 14.6 Å². The fourth-order valence-corrected chi connectivity index (χ4v) is 3.52. The van der Waals surface area contributed by atoms with Gasteiger partial charge in [-0.3, -0.25) is 4.79 Å². The number of aliphatic hydroxyl groups is 1. The van der Waals surface area contributed by atoms with Crippen molar-refractivity contribution in [2.24, 2.45) is 0 Å². The van der Waals surface area contributed by atoms with Gasteiger partial charge in [0, 0.05) is 24.2 Å². The van der Waals surface area contributed by atoms with E-state index in [1.807, 2.05) is 18.2 Å². The van der Waals surface area contributed by atoms with E-state index in [2.05, 4.69) is 45.0 Å². The van der Waals surface area contributed by atoms with Crippen LogP contribution in [0.3, 0.4) is 0 Å². The van der Waals surface area contributed by atoms with Crippen LogP contribution in [0.1, 0.15) is 56.4 Å². The Labute approximate surface area is 161 Å². The summed E-state index contributed by atoms with van der Waals surface area (Å²) in [6.45, 7) is 7.14. The van der Waals surface area contributed by atoms with E-state index < -0.39 is 6.10 Å². The lowest BCUT2D eigenvalue weighted by atomic mass is 9.86. The van der Waals surface area contributed by atoms with Crippen LogP contribution in [-0.4, -0.2) is 24.7 Å². The molecule has 4 heteroatoms. The van der Waals surface area contributed by atoms with Gasteiger partial charge >= 0.3 is 0 Å². The van der Waals surface area contributed by atoms with E-state index in [9.17, 15) is 9.90 Å². The Morgan fingerprint density at radius 2 is 1.89 bits per heavy atom. The predicted molar refractivity (Wildman–Crippen MR) is 108 cm³/mol. The number of benzene rings is 2. The molecule has 1 aliphatic rings. The van der Waals surface area contributed by atoms with Crippen LogP contribution in [0.5, 0.6) is 5.75 Å². The number of hydrogen-bond donors (Lipinski definition) is 1. The number of anilines is 1. The Balaban J connectivity index is 1.69. The molecular weight excluding hydrogens is 338 g/mol. The number of methoxy groups -OCH3 is 1. The first-order chi connectivity index (χ1) is 12.8. The Morgan fingerprint density at radius 3 is 2.52 bits per heavy atom. The van der Waals surface area contributed by atoms with Crippen molar-refractivity contribution in [3.05, 3.63) is 59.2 Å². The van der Waals surface area contributed by atoms with Crippen LogP contribution in [0.4, 0.5) is 5.69 Å². The van der Waals surface area contributed by atoms with Crippen molar-refractivity contribution in [1.29, 1.82) is 0 Å². The fraction of sp³-hybridized carbons (Fsp3) is 0.435. The zero-order valence-electron chi connectivity index (χ0n) is 16.7. The standard InChI is InChI=1S/C23H29NO3/c1-23(2,3)17-8-5-16(6-9-17)7-12-22(26)24-14-13-21(25)19-15-18(27-4)10-11-20(19)24/h5-6,8-11,15,21,25H,7,12-14H2,1-4H3. The number of hydrogen-bond acceptors (Lipinski definition) is 3. The van der Waals surface area contributed by atoms with Crippen LogP contribution in [-0.2, 0) is 16.6 Å². The van der Waals surface area contributed by atoms with E-state index in [-0.39, 0.29) is 11.3 Å². The van der Waals surface area contributed by atoms with Crippen LogP contribution in [0, 0.1) is 0 Å². The normalized spacial score (nSPS) is 16.8. The average Bonchev–Trinajstić information content (AvgIpc) is 2.66. The molecule has 0 saturated heterocycles. The highest BCUT2D eigenvalue weighted by Crippen LogP contribution is 2.36. The van der Waals surface area contributed by atoms with Crippen molar-refractivity contribution >= 4 is 11.6 Å². The van der Waals surface area contributed by atoms with Gasteiger partial charge in [0.05, 0.1) is 13.2 Å². The molecule has 3 rings (SSSR count). The minimum Gasteiger partial charge on any atom is -0.497 e. The van der Waals surface area contributed by atoms with E-state index in [0.29, 0.717) is 31.6 Å². The summed E-state index contributed by atoms with van der Waals surface area (Å²) in [6.07, 6.45) is 1.17. The van der Waals surface area contributed by atoms with Gasteiger partial charge in [-0.2, -0.15) is 0 Å².